The van der Waals surface area contributed by atoms with E-state index in [0.29, 0.717) is 0 Å². The van der Waals surface area contributed by atoms with E-state index >= 15 is 0 Å². The van der Waals surface area contributed by atoms with Crippen molar-refractivity contribution in [1.29, 1.82) is 0 Å². The van der Waals surface area contributed by atoms with E-state index < -0.39 is 0 Å². The van der Waals surface area contributed by atoms with Crippen LogP contribution in [0.4, 0.5) is 0 Å². The fourth-order valence-corrected chi connectivity index (χ4v) is 4.12. The molecule has 0 saturated heterocycles. The van der Waals surface area contributed by atoms with Crippen LogP contribution in [0.25, 0.3) is 0 Å². The molecule has 1 aromatic heterocycles. The maximum absolute atomic E-state index is 6.57. The van der Waals surface area contributed by atoms with Gasteiger partial charge in [-0.2, -0.15) is 0 Å². The molecule has 1 aromatic rings. The Balaban J connectivity index is 3.10. The Kier molecular flexibility index (Phi) is 6.12. The van der Waals surface area contributed by atoms with E-state index in [1.54, 1.807) is 11.3 Å². The molecule has 0 aliphatic rings. The summed E-state index contributed by atoms with van der Waals surface area (Å²) in [6.45, 7) is 10.9. The molecule has 2 nitrogen and oxygen atoms in total. The number of thiophene rings is 1. The number of hydrogen-bond donors (Lipinski definition) is 1. The molecule has 1 unspecified atom stereocenters. The first-order valence-electron chi connectivity index (χ1n) is 6.81. The molecule has 1 rings (SSSR count). The predicted octanol–water partition coefficient (Wildman–Crippen LogP) is 4.30. The van der Waals surface area contributed by atoms with Gasteiger partial charge in [-0.3, -0.25) is 4.90 Å². The molecule has 0 saturated carbocycles. The lowest BCUT2D eigenvalue weighted by atomic mass is 9.82. The van der Waals surface area contributed by atoms with Gasteiger partial charge in [0.25, 0.3) is 0 Å². The number of halogens is 1. The summed E-state index contributed by atoms with van der Waals surface area (Å²) < 4.78 is 0.820. The van der Waals surface area contributed by atoms with Crippen LogP contribution in [0.2, 0.25) is 4.34 Å². The van der Waals surface area contributed by atoms with Crippen molar-refractivity contribution < 1.29 is 0 Å². The smallest absolute Gasteiger partial charge is 0.0931 e. The van der Waals surface area contributed by atoms with Crippen molar-refractivity contribution in [2.45, 2.75) is 52.1 Å². The van der Waals surface area contributed by atoms with E-state index in [9.17, 15) is 0 Å². The second-order valence-corrected chi connectivity index (χ2v) is 6.35. The van der Waals surface area contributed by atoms with Crippen molar-refractivity contribution in [3.8, 4) is 0 Å². The lowest BCUT2D eigenvalue weighted by Crippen LogP contribution is -2.54. The van der Waals surface area contributed by atoms with Gasteiger partial charge in [0.1, 0.15) is 0 Å². The van der Waals surface area contributed by atoms with E-state index in [1.165, 1.54) is 4.88 Å². The second kappa shape index (κ2) is 6.90. The van der Waals surface area contributed by atoms with E-state index in [-0.39, 0.29) is 11.6 Å². The van der Waals surface area contributed by atoms with Gasteiger partial charge in [-0.15, -0.1) is 11.3 Å². The third kappa shape index (κ3) is 2.90. The highest BCUT2D eigenvalue weighted by atomic mass is 35.5. The first kappa shape index (κ1) is 16.0. The molecule has 4 heteroatoms. The highest BCUT2D eigenvalue weighted by Gasteiger charge is 2.39. The van der Waals surface area contributed by atoms with Crippen LogP contribution in [0.3, 0.4) is 0 Å². The zero-order valence-electron chi connectivity index (χ0n) is 11.9. The van der Waals surface area contributed by atoms with Crippen LogP contribution in [-0.2, 0) is 0 Å². The molecule has 0 spiro atoms. The van der Waals surface area contributed by atoms with Gasteiger partial charge in [0.2, 0.25) is 0 Å². The number of rotatable bonds is 7. The summed E-state index contributed by atoms with van der Waals surface area (Å²) in [5.41, 5.74) is 6.61. The van der Waals surface area contributed by atoms with Gasteiger partial charge in [0.05, 0.1) is 10.4 Å². The Hall–Kier alpha value is -0.0900. The topological polar surface area (TPSA) is 29.3 Å². The lowest BCUT2D eigenvalue weighted by Gasteiger charge is -2.46. The molecular weight excluding hydrogens is 264 g/mol. The van der Waals surface area contributed by atoms with Crippen LogP contribution in [-0.4, -0.2) is 23.5 Å². The van der Waals surface area contributed by atoms with Crippen molar-refractivity contribution in [3.05, 3.63) is 21.3 Å². The molecule has 0 radical (unpaired) electrons. The first-order valence-corrected chi connectivity index (χ1v) is 8.00. The first-order chi connectivity index (χ1) is 8.55. The number of hydrogen-bond acceptors (Lipinski definition) is 3. The maximum Gasteiger partial charge on any atom is 0.0931 e. The highest BCUT2D eigenvalue weighted by Crippen LogP contribution is 2.39. The summed E-state index contributed by atoms with van der Waals surface area (Å²) in [4.78, 5) is 3.68. The van der Waals surface area contributed by atoms with E-state index in [2.05, 4.69) is 38.7 Å². The van der Waals surface area contributed by atoms with Crippen LogP contribution in [0.5, 0.6) is 0 Å². The van der Waals surface area contributed by atoms with Gasteiger partial charge in [0.15, 0.2) is 0 Å². The normalized spacial score (nSPS) is 14.2. The maximum atomic E-state index is 6.57. The van der Waals surface area contributed by atoms with E-state index in [4.69, 9.17) is 17.3 Å². The minimum atomic E-state index is 0.0323. The van der Waals surface area contributed by atoms with Crippen molar-refractivity contribution in [2.24, 2.45) is 5.73 Å². The minimum Gasteiger partial charge on any atom is -0.322 e. The molecule has 0 amide bonds. The Morgan fingerprint density at radius 1 is 1.22 bits per heavy atom. The largest absolute Gasteiger partial charge is 0.322 e. The molecule has 0 aliphatic carbocycles. The van der Waals surface area contributed by atoms with Gasteiger partial charge < -0.3 is 5.73 Å². The quantitative estimate of drug-likeness (QED) is 0.810. The number of likely N-dealkylation sites (N-methyl/N-ethyl adjacent to an activating group) is 1. The summed E-state index contributed by atoms with van der Waals surface area (Å²) in [7, 11) is 0. The van der Waals surface area contributed by atoms with Crippen LogP contribution in [0, 0.1) is 0 Å². The Morgan fingerprint density at radius 2 is 1.78 bits per heavy atom. The van der Waals surface area contributed by atoms with Crippen molar-refractivity contribution in [3.63, 3.8) is 0 Å². The third-order valence-electron chi connectivity index (χ3n) is 4.10. The van der Waals surface area contributed by atoms with Gasteiger partial charge >= 0.3 is 0 Å². The van der Waals surface area contributed by atoms with Crippen LogP contribution in [0.15, 0.2) is 12.1 Å². The second-order valence-electron chi connectivity index (χ2n) is 4.60. The molecule has 0 aliphatic heterocycles. The fourth-order valence-electron chi connectivity index (χ4n) is 2.95. The highest BCUT2D eigenvalue weighted by molar-refractivity contribution is 7.16. The van der Waals surface area contributed by atoms with Crippen molar-refractivity contribution in [1.82, 2.24) is 4.90 Å². The molecule has 18 heavy (non-hydrogen) atoms. The van der Waals surface area contributed by atoms with Gasteiger partial charge in [-0.1, -0.05) is 39.3 Å². The van der Waals surface area contributed by atoms with E-state index in [0.717, 1.165) is 30.3 Å². The Morgan fingerprint density at radius 3 is 2.11 bits per heavy atom. The van der Waals surface area contributed by atoms with Gasteiger partial charge in [-0.05, 0) is 38.1 Å². The summed E-state index contributed by atoms with van der Waals surface area (Å²) in [6.07, 6.45) is 2.11. The lowest BCUT2D eigenvalue weighted by molar-refractivity contribution is 0.0636. The summed E-state index contributed by atoms with van der Waals surface area (Å²) in [5.74, 6) is 0. The van der Waals surface area contributed by atoms with Gasteiger partial charge in [-0.25, -0.2) is 0 Å². The average Bonchev–Trinajstić information content (AvgIpc) is 2.82. The third-order valence-corrected chi connectivity index (χ3v) is 5.41. The fraction of sp³-hybridized carbons (Fsp3) is 0.714. The molecule has 0 aromatic carbocycles. The Bertz CT molecular complexity index is 356. The monoisotopic (exact) mass is 288 g/mol. The van der Waals surface area contributed by atoms with Crippen LogP contribution < -0.4 is 5.73 Å². The zero-order valence-corrected chi connectivity index (χ0v) is 13.4. The molecule has 0 fully saturated rings. The summed E-state index contributed by atoms with van der Waals surface area (Å²) in [6, 6.07) is 4.05. The molecule has 2 N–H and O–H groups in total. The minimum absolute atomic E-state index is 0.0323. The van der Waals surface area contributed by atoms with E-state index in [1.807, 2.05) is 6.07 Å². The predicted molar refractivity (Wildman–Crippen MR) is 82.5 cm³/mol. The van der Waals surface area contributed by atoms with Crippen LogP contribution in [0.1, 0.15) is 51.5 Å². The zero-order chi connectivity index (χ0) is 13.8. The number of nitrogens with two attached hydrogens (primary N) is 1. The Labute approximate surface area is 120 Å². The average molecular weight is 289 g/mol. The van der Waals surface area contributed by atoms with Crippen molar-refractivity contribution >= 4 is 22.9 Å². The number of nitrogens with zero attached hydrogens (tertiary/aromatic N) is 1. The molecular formula is C14H25ClN2S. The van der Waals surface area contributed by atoms with Crippen LogP contribution >= 0.6 is 22.9 Å². The summed E-state index contributed by atoms with van der Waals surface area (Å²) in [5, 5.41) is 0. The standard InChI is InChI=1S/C14H25ClN2S/c1-5-14(6-2,17(7-3)8-4)13(16)11-9-10-12(15)18-11/h9-10,13H,5-8,16H2,1-4H3. The molecule has 1 heterocycles. The SMILES string of the molecule is CCN(CC)C(CC)(CC)C(N)c1ccc(Cl)s1. The summed E-state index contributed by atoms with van der Waals surface area (Å²) >= 11 is 7.64. The molecule has 1 atom stereocenters. The van der Waals surface area contributed by atoms with Crippen molar-refractivity contribution in [2.75, 3.05) is 13.1 Å². The van der Waals surface area contributed by atoms with Gasteiger partial charge in [0, 0.05) is 10.4 Å². The molecule has 0 bridgehead atoms. The molecule has 104 valence electrons.